The van der Waals surface area contributed by atoms with Crippen LogP contribution >= 0.6 is 0 Å². The minimum Gasteiger partial charge on any atom is -0.493 e. The predicted molar refractivity (Wildman–Crippen MR) is 132 cm³/mol. The van der Waals surface area contributed by atoms with Gasteiger partial charge in [-0.2, -0.15) is 0 Å². The van der Waals surface area contributed by atoms with Crippen LogP contribution in [0.25, 0.3) is 17.2 Å². The first-order valence-electron chi connectivity index (χ1n) is 10.9. The number of carbonyl (C=O) groups excluding carboxylic acids is 1. The fraction of sp³-hybridized carbons (Fsp3) is 0.250. The quantitative estimate of drug-likeness (QED) is 0.297. The highest BCUT2D eigenvalue weighted by atomic mass is 16.5. The average molecular weight is 430 g/mol. The van der Waals surface area contributed by atoms with Gasteiger partial charge in [-0.15, -0.1) is 0 Å². The van der Waals surface area contributed by atoms with Crippen molar-refractivity contribution in [3.63, 3.8) is 0 Å². The molecule has 0 atom stereocenters. The molecule has 4 nitrogen and oxygen atoms in total. The molecule has 0 heterocycles. The van der Waals surface area contributed by atoms with Crippen LogP contribution in [0.15, 0.2) is 72.8 Å². The summed E-state index contributed by atoms with van der Waals surface area (Å²) in [5.74, 6) is 1.25. The Labute approximate surface area is 191 Å². The van der Waals surface area contributed by atoms with E-state index >= 15 is 0 Å². The molecule has 0 aliphatic rings. The number of allylic oxidation sites excluding steroid dienone is 1. The molecule has 0 fully saturated rings. The zero-order valence-corrected chi connectivity index (χ0v) is 19.3. The minimum atomic E-state index is -0.102. The van der Waals surface area contributed by atoms with Crippen LogP contribution in [0.2, 0.25) is 0 Å². The summed E-state index contributed by atoms with van der Waals surface area (Å²) < 4.78 is 11.7. The summed E-state index contributed by atoms with van der Waals surface area (Å²) in [6.07, 6.45) is 3.42. The van der Waals surface area contributed by atoms with Crippen molar-refractivity contribution in [2.45, 2.75) is 13.8 Å². The molecule has 0 saturated carbocycles. The van der Waals surface area contributed by atoms with Gasteiger partial charge in [-0.3, -0.25) is 4.79 Å². The summed E-state index contributed by atoms with van der Waals surface area (Å²) in [6.45, 7) is 5.89. The van der Waals surface area contributed by atoms with E-state index in [1.54, 1.807) is 12.1 Å². The van der Waals surface area contributed by atoms with Crippen molar-refractivity contribution in [3.05, 3.63) is 89.5 Å². The van der Waals surface area contributed by atoms with Crippen molar-refractivity contribution in [2.75, 3.05) is 33.9 Å². The number of benzene rings is 3. The van der Waals surface area contributed by atoms with Crippen molar-refractivity contribution in [1.29, 1.82) is 0 Å². The Morgan fingerprint density at radius 1 is 0.938 bits per heavy atom. The van der Waals surface area contributed by atoms with E-state index in [1.807, 2.05) is 63.5 Å². The van der Waals surface area contributed by atoms with Crippen molar-refractivity contribution >= 4 is 11.9 Å². The van der Waals surface area contributed by atoms with Gasteiger partial charge in [0.05, 0.1) is 12.2 Å². The Balaban J connectivity index is 1.93. The maximum Gasteiger partial charge on any atom is 0.189 e. The summed E-state index contributed by atoms with van der Waals surface area (Å²) >= 11 is 0. The molecular weight excluding hydrogens is 398 g/mol. The van der Waals surface area contributed by atoms with Crippen LogP contribution in [0.5, 0.6) is 11.5 Å². The van der Waals surface area contributed by atoms with E-state index in [2.05, 4.69) is 36.1 Å². The van der Waals surface area contributed by atoms with Crippen LogP contribution in [0, 0.1) is 6.92 Å². The molecule has 3 aromatic carbocycles. The summed E-state index contributed by atoms with van der Waals surface area (Å²) in [7, 11) is 4.03. The minimum absolute atomic E-state index is 0.102. The van der Waals surface area contributed by atoms with Gasteiger partial charge >= 0.3 is 0 Å². The smallest absolute Gasteiger partial charge is 0.189 e. The zero-order valence-electron chi connectivity index (χ0n) is 19.3. The van der Waals surface area contributed by atoms with Gasteiger partial charge in [0.15, 0.2) is 5.78 Å². The predicted octanol–water partition coefficient (Wildman–Crippen LogP) is 5.90. The molecule has 3 aromatic rings. The number of likely N-dealkylation sites (N-methyl/N-ethyl adjacent to an activating group) is 1. The van der Waals surface area contributed by atoms with Crippen molar-refractivity contribution in [2.24, 2.45) is 0 Å². The number of rotatable bonds is 10. The molecule has 0 amide bonds. The number of nitrogens with zero attached hydrogens (tertiary/aromatic N) is 1. The molecule has 0 spiro atoms. The number of ketones is 1. The van der Waals surface area contributed by atoms with Crippen molar-refractivity contribution < 1.29 is 14.3 Å². The molecule has 32 heavy (non-hydrogen) atoms. The lowest BCUT2D eigenvalue weighted by molar-refractivity contribution is 0.104. The van der Waals surface area contributed by atoms with Crippen LogP contribution in [0.4, 0.5) is 0 Å². The third-order valence-electron chi connectivity index (χ3n) is 5.13. The summed E-state index contributed by atoms with van der Waals surface area (Å²) in [6, 6.07) is 21.7. The summed E-state index contributed by atoms with van der Waals surface area (Å²) in [5.41, 5.74) is 4.87. The fourth-order valence-corrected chi connectivity index (χ4v) is 3.42. The third-order valence-corrected chi connectivity index (χ3v) is 5.13. The molecule has 0 N–H and O–H groups in total. The van der Waals surface area contributed by atoms with E-state index < -0.39 is 0 Å². The number of hydrogen-bond donors (Lipinski definition) is 0. The van der Waals surface area contributed by atoms with E-state index in [-0.39, 0.29) is 5.78 Å². The first kappa shape index (κ1) is 23.3. The lowest BCUT2D eigenvalue weighted by atomic mass is 9.98. The highest BCUT2D eigenvalue weighted by Gasteiger charge is 2.11. The van der Waals surface area contributed by atoms with Crippen LogP contribution in [-0.2, 0) is 0 Å². The molecule has 0 aromatic heterocycles. The Morgan fingerprint density at radius 2 is 1.69 bits per heavy atom. The molecule has 0 saturated heterocycles. The Kier molecular flexibility index (Phi) is 8.23. The van der Waals surface area contributed by atoms with Gasteiger partial charge in [0.2, 0.25) is 0 Å². The maximum absolute atomic E-state index is 12.9. The molecular formula is C28H31NO3. The molecule has 0 radical (unpaired) electrons. The SMILES string of the molecule is CCOc1ccccc1C(=O)C=Cc1cc(-c2ccccc2C)ccc1OCCN(C)C. The normalized spacial score (nSPS) is 11.2. The van der Waals surface area contributed by atoms with E-state index in [0.29, 0.717) is 24.5 Å². The summed E-state index contributed by atoms with van der Waals surface area (Å²) in [4.78, 5) is 15.0. The molecule has 166 valence electrons. The molecule has 0 aliphatic heterocycles. The lowest BCUT2D eigenvalue weighted by Crippen LogP contribution is -2.19. The van der Waals surface area contributed by atoms with Crippen molar-refractivity contribution in [1.82, 2.24) is 4.90 Å². The van der Waals surface area contributed by atoms with Gasteiger partial charge in [0.1, 0.15) is 18.1 Å². The third kappa shape index (κ3) is 6.08. The van der Waals surface area contributed by atoms with Crippen LogP contribution < -0.4 is 9.47 Å². The molecule has 0 aliphatic carbocycles. The number of aryl methyl sites for hydroxylation is 1. The second-order valence-corrected chi connectivity index (χ2v) is 7.85. The van der Waals surface area contributed by atoms with E-state index in [1.165, 1.54) is 5.56 Å². The van der Waals surface area contributed by atoms with E-state index in [4.69, 9.17) is 9.47 Å². The molecule has 0 unspecified atom stereocenters. The summed E-state index contributed by atoms with van der Waals surface area (Å²) in [5, 5.41) is 0. The Bertz CT molecular complexity index is 1090. The number of para-hydroxylation sites is 1. The van der Waals surface area contributed by atoms with Gasteiger partial charge in [0, 0.05) is 12.1 Å². The van der Waals surface area contributed by atoms with E-state index in [0.717, 1.165) is 29.0 Å². The van der Waals surface area contributed by atoms with Crippen molar-refractivity contribution in [3.8, 4) is 22.6 Å². The van der Waals surface area contributed by atoms with Gasteiger partial charge in [0.25, 0.3) is 0 Å². The van der Waals surface area contributed by atoms with E-state index in [9.17, 15) is 4.79 Å². The van der Waals surface area contributed by atoms with Gasteiger partial charge in [-0.05, 0) is 81.1 Å². The van der Waals surface area contributed by atoms with Gasteiger partial charge < -0.3 is 14.4 Å². The molecule has 4 heteroatoms. The largest absolute Gasteiger partial charge is 0.493 e. The standard InChI is InChI=1S/C28H31NO3/c1-5-31-28-13-9-8-12-25(28)26(30)16-14-23-20-22(24-11-7-6-10-21(24)2)15-17-27(23)32-19-18-29(3)4/h6-17,20H,5,18-19H2,1-4H3. The second kappa shape index (κ2) is 11.3. The first-order valence-corrected chi connectivity index (χ1v) is 10.9. The van der Waals surface area contributed by atoms with Crippen LogP contribution in [-0.4, -0.2) is 44.5 Å². The first-order chi connectivity index (χ1) is 15.5. The Hall–Kier alpha value is -3.37. The van der Waals surface area contributed by atoms with Crippen LogP contribution in [0.1, 0.15) is 28.4 Å². The number of ether oxygens (including phenoxy) is 2. The molecule has 0 bridgehead atoms. The highest BCUT2D eigenvalue weighted by molar-refractivity contribution is 6.08. The topological polar surface area (TPSA) is 38.8 Å². The van der Waals surface area contributed by atoms with Gasteiger partial charge in [-0.1, -0.05) is 42.5 Å². The van der Waals surface area contributed by atoms with Gasteiger partial charge in [-0.25, -0.2) is 0 Å². The molecule has 3 rings (SSSR count). The number of hydrogen-bond acceptors (Lipinski definition) is 4. The Morgan fingerprint density at radius 3 is 2.44 bits per heavy atom. The second-order valence-electron chi connectivity index (χ2n) is 7.85. The highest BCUT2D eigenvalue weighted by Crippen LogP contribution is 2.30. The average Bonchev–Trinajstić information content (AvgIpc) is 2.79. The fourth-order valence-electron chi connectivity index (χ4n) is 3.42. The monoisotopic (exact) mass is 429 g/mol. The lowest BCUT2D eigenvalue weighted by Gasteiger charge is -2.14. The zero-order chi connectivity index (χ0) is 22.9. The maximum atomic E-state index is 12.9. The van der Waals surface area contributed by atoms with Crippen LogP contribution in [0.3, 0.4) is 0 Å². The number of carbonyl (C=O) groups is 1.